The van der Waals surface area contributed by atoms with Crippen molar-refractivity contribution in [1.29, 1.82) is 0 Å². The van der Waals surface area contributed by atoms with Crippen LogP contribution >= 0.6 is 11.3 Å². The van der Waals surface area contributed by atoms with Crippen molar-refractivity contribution < 1.29 is 23.7 Å². The minimum absolute atomic E-state index is 0.0634. The molecule has 1 aliphatic heterocycles. The second-order valence-electron chi connectivity index (χ2n) is 8.68. The molecule has 4 rings (SSSR count). The van der Waals surface area contributed by atoms with Crippen molar-refractivity contribution in [3.63, 3.8) is 0 Å². The minimum Gasteiger partial charge on any atom is -0.493 e. The van der Waals surface area contributed by atoms with E-state index in [0.717, 1.165) is 42.7 Å². The smallest absolute Gasteiger partial charge is 0.246 e. The number of thiophene rings is 1. The lowest BCUT2D eigenvalue weighted by atomic mass is 10.1. The number of carbonyl (C=O) groups excluding carboxylic acids is 1. The van der Waals surface area contributed by atoms with Crippen LogP contribution in [0.4, 0.5) is 0 Å². The van der Waals surface area contributed by atoms with Crippen LogP contribution in [0.15, 0.2) is 65.4 Å². The predicted molar refractivity (Wildman–Crippen MR) is 143 cm³/mol. The van der Waals surface area contributed by atoms with Crippen LogP contribution in [-0.2, 0) is 22.5 Å². The van der Waals surface area contributed by atoms with Crippen molar-refractivity contribution in [2.75, 3.05) is 34.0 Å². The van der Waals surface area contributed by atoms with E-state index in [2.05, 4.69) is 16.8 Å². The zero-order valence-corrected chi connectivity index (χ0v) is 21.7. The molecule has 1 atom stereocenters. The van der Waals surface area contributed by atoms with Crippen molar-refractivity contribution in [1.82, 2.24) is 4.90 Å². The Balaban J connectivity index is 1.43. The highest BCUT2D eigenvalue weighted by Gasteiger charge is 2.22. The summed E-state index contributed by atoms with van der Waals surface area (Å²) in [5.41, 5.74) is 3.17. The Morgan fingerprint density at radius 3 is 2.75 bits per heavy atom. The summed E-state index contributed by atoms with van der Waals surface area (Å²) in [5.74, 6) is 2.02. The first kappa shape index (κ1) is 25.8. The fourth-order valence-electron chi connectivity index (χ4n) is 4.17. The molecular formula is C29H33NO5S. The monoisotopic (exact) mass is 507 g/mol. The summed E-state index contributed by atoms with van der Waals surface area (Å²) in [6.07, 6.45) is 6.34. The van der Waals surface area contributed by atoms with Crippen molar-refractivity contribution in [2.45, 2.75) is 31.9 Å². The number of rotatable bonds is 12. The van der Waals surface area contributed by atoms with E-state index in [4.69, 9.17) is 18.9 Å². The molecule has 1 aliphatic rings. The molecule has 0 unspecified atom stereocenters. The normalized spacial score (nSPS) is 15.2. The van der Waals surface area contributed by atoms with Gasteiger partial charge in [0.1, 0.15) is 5.75 Å². The highest BCUT2D eigenvalue weighted by atomic mass is 32.1. The average Bonchev–Trinajstić information content (AvgIpc) is 3.61. The van der Waals surface area contributed by atoms with Crippen LogP contribution in [0, 0.1) is 0 Å². The summed E-state index contributed by atoms with van der Waals surface area (Å²) < 4.78 is 22.5. The topological polar surface area (TPSA) is 57.2 Å². The number of amides is 1. The lowest BCUT2D eigenvalue weighted by molar-refractivity contribution is -0.128. The van der Waals surface area contributed by atoms with Crippen LogP contribution in [-0.4, -0.2) is 50.9 Å². The minimum atomic E-state index is -0.0657. The van der Waals surface area contributed by atoms with E-state index >= 15 is 0 Å². The van der Waals surface area contributed by atoms with Crippen LogP contribution in [0.2, 0.25) is 0 Å². The first-order valence-corrected chi connectivity index (χ1v) is 13.1. The summed E-state index contributed by atoms with van der Waals surface area (Å²) in [5, 5.41) is 4.22. The van der Waals surface area contributed by atoms with Gasteiger partial charge in [0.25, 0.3) is 0 Å². The number of methoxy groups -OCH3 is 2. The van der Waals surface area contributed by atoms with Crippen LogP contribution in [0.5, 0.6) is 17.2 Å². The van der Waals surface area contributed by atoms with Gasteiger partial charge in [-0.05, 0) is 76.7 Å². The van der Waals surface area contributed by atoms with Crippen molar-refractivity contribution in [3.05, 3.63) is 82.1 Å². The molecule has 2 aromatic carbocycles. The summed E-state index contributed by atoms with van der Waals surface area (Å²) in [7, 11) is 3.20. The Morgan fingerprint density at radius 2 is 2.00 bits per heavy atom. The van der Waals surface area contributed by atoms with Crippen molar-refractivity contribution in [2.24, 2.45) is 0 Å². The molecule has 6 nitrogen and oxygen atoms in total. The summed E-state index contributed by atoms with van der Waals surface area (Å²) in [6, 6.07) is 15.7. The molecule has 1 amide bonds. The molecule has 36 heavy (non-hydrogen) atoms. The maximum atomic E-state index is 13.3. The van der Waals surface area contributed by atoms with E-state index < -0.39 is 0 Å². The van der Waals surface area contributed by atoms with E-state index in [0.29, 0.717) is 31.2 Å². The van der Waals surface area contributed by atoms with E-state index in [1.807, 2.05) is 47.4 Å². The fraction of sp³-hybridized carbons (Fsp3) is 0.345. The van der Waals surface area contributed by atoms with Crippen LogP contribution in [0.3, 0.4) is 0 Å². The molecule has 1 fully saturated rings. The van der Waals surface area contributed by atoms with Crippen molar-refractivity contribution >= 4 is 23.3 Å². The molecule has 190 valence electrons. The Morgan fingerprint density at radius 1 is 1.11 bits per heavy atom. The third kappa shape index (κ3) is 7.35. The van der Waals surface area contributed by atoms with Crippen LogP contribution in [0.25, 0.3) is 6.08 Å². The Labute approximate surface area is 217 Å². The van der Waals surface area contributed by atoms with Gasteiger partial charge in [0.05, 0.1) is 26.9 Å². The molecule has 0 bridgehead atoms. The van der Waals surface area contributed by atoms with Gasteiger partial charge in [-0.2, -0.15) is 11.3 Å². The van der Waals surface area contributed by atoms with Gasteiger partial charge in [0, 0.05) is 32.2 Å². The Hall–Kier alpha value is -3.29. The van der Waals surface area contributed by atoms with Gasteiger partial charge >= 0.3 is 0 Å². The number of ether oxygens (including phenoxy) is 4. The van der Waals surface area contributed by atoms with Gasteiger partial charge in [-0.1, -0.05) is 18.2 Å². The van der Waals surface area contributed by atoms with Gasteiger partial charge < -0.3 is 23.8 Å². The molecule has 1 aromatic heterocycles. The van der Waals surface area contributed by atoms with Gasteiger partial charge in [0.2, 0.25) is 5.91 Å². The second-order valence-corrected chi connectivity index (χ2v) is 9.46. The Bertz CT molecular complexity index is 1140. The SMILES string of the molecule is COc1ccc(/C=C/C(=O)N(Cc2cccc(OCCc3ccsc3)c2)C[C@@H]2CCCO2)cc1OC. The molecule has 7 heteroatoms. The number of hydrogen-bond donors (Lipinski definition) is 0. The highest BCUT2D eigenvalue weighted by molar-refractivity contribution is 7.07. The maximum absolute atomic E-state index is 13.3. The van der Waals surface area contributed by atoms with Gasteiger partial charge in [0.15, 0.2) is 11.5 Å². The van der Waals surface area contributed by atoms with Crippen LogP contribution in [0.1, 0.15) is 29.5 Å². The molecule has 0 aliphatic carbocycles. The second kappa shape index (κ2) is 13.1. The van der Waals surface area contributed by atoms with E-state index in [-0.39, 0.29) is 12.0 Å². The van der Waals surface area contributed by atoms with Crippen LogP contribution < -0.4 is 14.2 Å². The fourth-order valence-corrected chi connectivity index (χ4v) is 4.87. The summed E-state index contributed by atoms with van der Waals surface area (Å²) in [4.78, 5) is 15.1. The Kier molecular flexibility index (Phi) is 9.41. The van der Waals surface area contributed by atoms with Crippen molar-refractivity contribution in [3.8, 4) is 17.2 Å². The quantitative estimate of drug-likeness (QED) is 0.298. The largest absolute Gasteiger partial charge is 0.493 e. The number of carbonyl (C=O) groups is 1. The third-order valence-electron chi connectivity index (χ3n) is 6.10. The van der Waals surface area contributed by atoms with E-state index in [1.54, 1.807) is 37.7 Å². The highest BCUT2D eigenvalue weighted by Crippen LogP contribution is 2.28. The van der Waals surface area contributed by atoms with E-state index in [1.165, 1.54) is 5.56 Å². The first-order chi connectivity index (χ1) is 17.6. The summed E-state index contributed by atoms with van der Waals surface area (Å²) >= 11 is 1.70. The molecule has 0 spiro atoms. The molecule has 1 saturated heterocycles. The zero-order valence-electron chi connectivity index (χ0n) is 20.9. The molecule has 0 radical (unpaired) electrons. The maximum Gasteiger partial charge on any atom is 0.246 e. The average molecular weight is 508 g/mol. The predicted octanol–water partition coefficient (Wildman–Crippen LogP) is 5.61. The lowest BCUT2D eigenvalue weighted by Crippen LogP contribution is -2.35. The van der Waals surface area contributed by atoms with Gasteiger partial charge in [-0.3, -0.25) is 4.79 Å². The van der Waals surface area contributed by atoms with Gasteiger partial charge in [-0.15, -0.1) is 0 Å². The number of benzene rings is 2. The standard InChI is InChI=1S/C29H33NO5S/c1-32-27-10-8-22(18-28(27)33-2)9-11-29(31)30(20-26-7-4-14-34-26)19-24-5-3-6-25(17-24)35-15-12-23-13-16-36-21-23/h3,5-6,8-11,13,16-18,21,26H,4,7,12,14-15,19-20H2,1-2H3/b11-9+/t26-/m0/s1. The lowest BCUT2D eigenvalue weighted by Gasteiger charge is -2.24. The molecule has 0 saturated carbocycles. The molecular weight excluding hydrogens is 474 g/mol. The van der Waals surface area contributed by atoms with E-state index in [9.17, 15) is 4.79 Å². The molecule has 0 N–H and O–H groups in total. The third-order valence-corrected chi connectivity index (χ3v) is 6.83. The summed E-state index contributed by atoms with van der Waals surface area (Å²) in [6.45, 7) is 2.41. The number of nitrogens with zero attached hydrogens (tertiary/aromatic N) is 1. The zero-order chi connectivity index (χ0) is 25.2. The number of hydrogen-bond acceptors (Lipinski definition) is 6. The molecule has 3 aromatic rings. The van der Waals surface area contributed by atoms with Gasteiger partial charge in [-0.25, -0.2) is 0 Å². The first-order valence-electron chi connectivity index (χ1n) is 12.2. The molecule has 2 heterocycles.